The molecule has 0 aliphatic heterocycles. The van der Waals surface area contributed by atoms with Gasteiger partial charge in [-0.3, -0.25) is 0 Å². The lowest BCUT2D eigenvalue weighted by Crippen LogP contribution is -2.31. The van der Waals surface area contributed by atoms with E-state index in [2.05, 4.69) is 0 Å². The smallest absolute Gasteiger partial charge is 0.492 e. The van der Waals surface area contributed by atoms with Crippen molar-refractivity contribution in [2.45, 2.75) is 6.92 Å². The number of hydrogen-bond acceptors (Lipinski definition) is 5. The molecule has 0 radical (unpaired) electrons. The van der Waals surface area contributed by atoms with Crippen molar-refractivity contribution in [1.29, 1.82) is 0 Å². The molecule has 0 bridgehead atoms. The Bertz CT molecular complexity index is 639. The zero-order valence-electron chi connectivity index (χ0n) is 11.9. The molecule has 0 aliphatic rings. The average Bonchev–Trinajstić information content (AvgIpc) is 2.44. The fourth-order valence-electron chi connectivity index (χ4n) is 2.36. The van der Waals surface area contributed by atoms with Gasteiger partial charge in [0, 0.05) is 10.8 Å². The van der Waals surface area contributed by atoms with Gasteiger partial charge >= 0.3 is 7.12 Å². The summed E-state index contributed by atoms with van der Waals surface area (Å²) in [5.74, 6) is 1.55. The fourth-order valence-corrected chi connectivity index (χ4v) is 2.36. The summed E-state index contributed by atoms with van der Waals surface area (Å²) in [5.41, 5.74) is 1.23. The Hall–Kier alpha value is -1.92. The van der Waals surface area contributed by atoms with Crippen molar-refractivity contribution in [3.05, 3.63) is 23.8 Å². The van der Waals surface area contributed by atoms with Gasteiger partial charge in [-0.15, -0.1) is 0 Å². The zero-order valence-corrected chi connectivity index (χ0v) is 11.9. The predicted molar refractivity (Wildman–Crippen MR) is 78.2 cm³/mol. The van der Waals surface area contributed by atoms with Crippen LogP contribution in [0.1, 0.15) is 5.56 Å². The third kappa shape index (κ3) is 2.28. The van der Waals surface area contributed by atoms with Crippen molar-refractivity contribution in [2.24, 2.45) is 0 Å². The highest BCUT2D eigenvalue weighted by atomic mass is 16.5. The van der Waals surface area contributed by atoms with E-state index in [1.807, 2.05) is 19.1 Å². The molecule has 0 aliphatic carbocycles. The quantitative estimate of drug-likeness (QED) is 0.810. The van der Waals surface area contributed by atoms with E-state index in [-0.39, 0.29) is 5.46 Å². The molecule has 5 nitrogen and oxygen atoms in total. The molecule has 2 rings (SSSR count). The number of rotatable bonds is 4. The van der Waals surface area contributed by atoms with Crippen LogP contribution in [0.2, 0.25) is 0 Å². The van der Waals surface area contributed by atoms with Crippen molar-refractivity contribution in [3.63, 3.8) is 0 Å². The van der Waals surface area contributed by atoms with Crippen molar-refractivity contribution < 1.29 is 24.3 Å². The van der Waals surface area contributed by atoms with E-state index in [1.54, 1.807) is 13.2 Å². The van der Waals surface area contributed by atoms with Gasteiger partial charge in [-0.25, -0.2) is 0 Å². The van der Waals surface area contributed by atoms with Gasteiger partial charge in [-0.2, -0.15) is 0 Å². The number of hydrogen-bond donors (Lipinski definition) is 2. The normalized spacial score (nSPS) is 10.5. The number of methoxy groups -OCH3 is 3. The average molecular weight is 276 g/mol. The van der Waals surface area contributed by atoms with Gasteiger partial charge in [0.25, 0.3) is 0 Å². The standard InChI is InChI=1S/C14H17BO5/c1-8-5-9-13(11(6-8)18-2)12(19-3)7-10(15(16)17)14(9)20-4/h5-7,16-17H,1-4H3. The first-order valence-corrected chi connectivity index (χ1v) is 6.12. The number of ether oxygens (including phenoxy) is 3. The SMILES string of the molecule is COc1c(B(O)O)cc(OC)c2c(OC)cc(C)cc12. The minimum absolute atomic E-state index is 0.254. The van der Waals surface area contributed by atoms with Gasteiger partial charge in [-0.05, 0) is 30.7 Å². The van der Waals surface area contributed by atoms with E-state index in [0.717, 1.165) is 10.9 Å². The van der Waals surface area contributed by atoms with Crippen LogP contribution in [-0.4, -0.2) is 38.5 Å². The monoisotopic (exact) mass is 276 g/mol. The molecule has 0 unspecified atom stereocenters. The molecule has 0 aromatic heterocycles. The molecule has 0 amide bonds. The molecule has 0 atom stereocenters. The van der Waals surface area contributed by atoms with Gasteiger partial charge in [0.15, 0.2) is 0 Å². The second-order valence-electron chi connectivity index (χ2n) is 4.46. The first kappa shape index (κ1) is 14.5. The Morgan fingerprint density at radius 2 is 1.50 bits per heavy atom. The topological polar surface area (TPSA) is 68.2 Å². The van der Waals surface area contributed by atoms with Crippen LogP contribution in [0.5, 0.6) is 17.2 Å². The highest BCUT2D eigenvalue weighted by Crippen LogP contribution is 2.39. The van der Waals surface area contributed by atoms with Gasteiger partial charge in [0.05, 0.1) is 26.7 Å². The van der Waals surface area contributed by atoms with Crippen LogP contribution < -0.4 is 19.7 Å². The summed E-state index contributed by atoms with van der Waals surface area (Å²) in [7, 11) is 2.94. The lowest BCUT2D eigenvalue weighted by atomic mass is 9.78. The number of benzene rings is 2. The molecule has 2 N–H and O–H groups in total. The van der Waals surface area contributed by atoms with Crippen LogP contribution in [0.3, 0.4) is 0 Å². The molecule has 2 aromatic rings. The highest BCUT2D eigenvalue weighted by Gasteiger charge is 2.23. The molecule has 20 heavy (non-hydrogen) atoms. The van der Waals surface area contributed by atoms with Gasteiger partial charge in [-0.1, -0.05) is 0 Å². The number of aryl methyl sites for hydroxylation is 1. The van der Waals surface area contributed by atoms with Crippen LogP contribution in [0.4, 0.5) is 0 Å². The number of fused-ring (bicyclic) bond motifs is 1. The van der Waals surface area contributed by atoms with Crippen LogP contribution in [0.15, 0.2) is 18.2 Å². The van der Waals surface area contributed by atoms with E-state index in [0.29, 0.717) is 22.6 Å². The Morgan fingerprint density at radius 3 is 2.00 bits per heavy atom. The highest BCUT2D eigenvalue weighted by molar-refractivity contribution is 6.60. The Balaban J connectivity index is 2.96. The third-order valence-electron chi connectivity index (χ3n) is 3.21. The molecule has 0 saturated carbocycles. The molecular formula is C14H17BO5. The molecule has 0 heterocycles. The third-order valence-corrected chi connectivity index (χ3v) is 3.21. The maximum atomic E-state index is 9.50. The van der Waals surface area contributed by atoms with Crippen molar-refractivity contribution in [1.82, 2.24) is 0 Å². The summed E-state index contributed by atoms with van der Waals surface area (Å²) in [5, 5.41) is 20.5. The summed E-state index contributed by atoms with van der Waals surface area (Å²) in [4.78, 5) is 0. The summed E-state index contributed by atoms with van der Waals surface area (Å²) in [6.07, 6.45) is 0. The summed E-state index contributed by atoms with van der Waals surface area (Å²) < 4.78 is 16.1. The molecule has 0 spiro atoms. The van der Waals surface area contributed by atoms with Gasteiger partial charge < -0.3 is 24.3 Å². The zero-order chi connectivity index (χ0) is 14.9. The molecule has 6 heteroatoms. The van der Waals surface area contributed by atoms with E-state index in [4.69, 9.17) is 14.2 Å². The second-order valence-corrected chi connectivity index (χ2v) is 4.46. The Kier molecular flexibility index (Phi) is 4.06. The van der Waals surface area contributed by atoms with Crippen LogP contribution in [0.25, 0.3) is 10.8 Å². The lowest BCUT2D eigenvalue weighted by molar-refractivity contribution is 0.396. The van der Waals surface area contributed by atoms with Crippen LogP contribution >= 0.6 is 0 Å². The largest absolute Gasteiger partial charge is 0.496 e. The molecule has 2 aromatic carbocycles. The second kappa shape index (κ2) is 5.60. The van der Waals surface area contributed by atoms with Gasteiger partial charge in [0.2, 0.25) is 0 Å². The first-order valence-electron chi connectivity index (χ1n) is 6.12. The van der Waals surface area contributed by atoms with Crippen molar-refractivity contribution >= 4 is 23.4 Å². The minimum atomic E-state index is -1.64. The fraction of sp³-hybridized carbons (Fsp3) is 0.286. The van der Waals surface area contributed by atoms with E-state index >= 15 is 0 Å². The minimum Gasteiger partial charge on any atom is -0.496 e. The Labute approximate surface area is 117 Å². The first-order chi connectivity index (χ1) is 9.53. The summed E-state index contributed by atoms with van der Waals surface area (Å²) in [6, 6.07) is 5.33. The van der Waals surface area contributed by atoms with Crippen LogP contribution in [0, 0.1) is 6.92 Å². The summed E-state index contributed by atoms with van der Waals surface area (Å²) >= 11 is 0. The Morgan fingerprint density at radius 1 is 0.900 bits per heavy atom. The maximum Gasteiger partial charge on any atom is 0.492 e. The lowest BCUT2D eigenvalue weighted by Gasteiger charge is -2.17. The van der Waals surface area contributed by atoms with Gasteiger partial charge in [0.1, 0.15) is 17.2 Å². The molecule has 0 saturated heterocycles. The van der Waals surface area contributed by atoms with E-state index in [9.17, 15) is 10.0 Å². The molecular weight excluding hydrogens is 259 g/mol. The van der Waals surface area contributed by atoms with E-state index in [1.165, 1.54) is 14.2 Å². The van der Waals surface area contributed by atoms with E-state index < -0.39 is 7.12 Å². The summed E-state index contributed by atoms with van der Waals surface area (Å²) in [6.45, 7) is 1.93. The van der Waals surface area contributed by atoms with Crippen LogP contribution in [-0.2, 0) is 0 Å². The maximum absolute atomic E-state index is 9.50. The molecule has 0 fully saturated rings. The predicted octanol–water partition coefficient (Wildman–Crippen LogP) is 0.854. The van der Waals surface area contributed by atoms with Crippen molar-refractivity contribution in [2.75, 3.05) is 21.3 Å². The molecule has 106 valence electrons. The van der Waals surface area contributed by atoms with Crippen molar-refractivity contribution in [3.8, 4) is 17.2 Å².